The van der Waals surface area contributed by atoms with Crippen molar-refractivity contribution in [2.24, 2.45) is 0 Å². The predicted molar refractivity (Wildman–Crippen MR) is 238 cm³/mol. The minimum atomic E-state index is -4.35. The molecule has 2 aliphatic heterocycles. The number of nitriles is 1. The zero-order valence-electron chi connectivity index (χ0n) is 33.8. The molecule has 0 saturated heterocycles. The number of aryl methyl sites for hydroxylation is 1. The van der Waals surface area contributed by atoms with Crippen molar-refractivity contribution in [2.45, 2.75) is 55.3 Å². The average molecular weight is 925 g/mol. The minimum Gasteiger partial charge on any atom is -0.489 e. The fraction of sp³-hybridized carbons (Fsp3) is 0.217. The van der Waals surface area contributed by atoms with Crippen molar-refractivity contribution in [3.63, 3.8) is 0 Å². The fourth-order valence-corrected chi connectivity index (χ4v) is 10.8. The second-order valence-electron chi connectivity index (χ2n) is 15.0. The molecule has 0 spiro atoms. The van der Waals surface area contributed by atoms with Gasteiger partial charge in [-0.3, -0.25) is 4.79 Å². The SMILES string of the molecule is COC(=O)C(Cc1ccc(-c2ccc(C#N)cc2)cc1)NC(=O)[C@@H]1Cc2cc3c(cc2CN1S(=O)(=O)c1sc(N)nc1C)O[C@@H](c1ccc(OCc2ccc(Cl)c(Cl)c2)cc1)CO3. The van der Waals surface area contributed by atoms with Gasteiger partial charge in [0.1, 0.15) is 31.0 Å². The molecule has 0 saturated carbocycles. The predicted octanol–water partition coefficient (Wildman–Crippen LogP) is 7.99. The molecule has 5 aromatic carbocycles. The second kappa shape index (κ2) is 18.3. The molecule has 0 bridgehead atoms. The number of amides is 1. The first-order valence-corrected chi connectivity index (χ1v) is 22.6. The van der Waals surface area contributed by atoms with Crippen LogP contribution >= 0.6 is 34.5 Å². The number of nitrogens with zero attached hydrogens (tertiary/aromatic N) is 3. The Morgan fingerprint density at radius 1 is 0.952 bits per heavy atom. The van der Waals surface area contributed by atoms with Crippen LogP contribution in [-0.4, -0.2) is 55.4 Å². The summed E-state index contributed by atoms with van der Waals surface area (Å²) >= 11 is 13.0. The summed E-state index contributed by atoms with van der Waals surface area (Å²) in [6.45, 7) is 1.84. The number of carbonyl (C=O) groups excluding carboxylic acids is 2. The van der Waals surface area contributed by atoms with Crippen LogP contribution < -0.4 is 25.3 Å². The standard InChI is InChI=1S/C46H39Cl2N5O8S2/c1-26-45(62-46(50)51-26)63(56,57)53-23-34-21-41-40(60-25-42(61-41)32-12-14-35(15-13-32)59-24-29-7-16-36(47)37(48)17-29)20-33(34)19-39(53)43(54)52-38(44(55)58-2)18-27-3-8-30(9-4-27)31-10-5-28(22-49)6-11-31/h3-17,20-21,38-39,42H,18-19,23-25H2,1-2H3,(H2,50,51)(H,52,54)/t38?,39-,42+/m0/s1. The Bertz CT molecular complexity index is 2850. The van der Waals surface area contributed by atoms with E-state index in [1.54, 1.807) is 43.3 Å². The van der Waals surface area contributed by atoms with E-state index in [0.29, 0.717) is 50.6 Å². The molecule has 3 atom stereocenters. The first-order valence-electron chi connectivity index (χ1n) is 19.6. The van der Waals surface area contributed by atoms with Gasteiger partial charge in [-0.05, 0) is 101 Å². The van der Waals surface area contributed by atoms with Crippen molar-refractivity contribution >= 4 is 61.6 Å². The number of methoxy groups -OCH3 is 1. The number of ether oxygens (including phenoxy) is 4. The van der Waals surface area contributed by atoms with E-state index in [2.05, 4.69) is 16.4 Å². The van der Waals surface area contributed by atoms with Crippen LogP contribution in [0.3, 0.4) is 0 Å². The molecule has 17 heteroatoms. The number of carbonyl (C=O) groups is 2. The van der Waals surface area contributed by atoms with Gasteiger partial charge < -0.3 is 30.0 Å². The van der Waals surface area contributed by atoms with Crippen LogP contribution in [0.4, 0.5) is 5.13 Å². The smallest absolute Gasteiger partial charge is 0.328 e. The van der Waals surface area contributed by atoms with Crippen molar-refractivity contribution < 1.29 is 37.0 Å². The Kier molecular flexibility index (Phi) is 12.6. The third-order valence-electron chi connectivity index (χ3n) is 10.8. The van der Waals surface area contributed by atoms with E-state index in [-0.39, 0.29) is 41.0 Å². The zero-order valence-corrected chi connectivity index (χ0v) is 37.0. The summed E-state index contributed by atoms with van der Waals surface area (Å²) in [5.41, 5.74) is 12.2. The number of fused-ring (bicyclic) bond motifs is 2. The zero-order chi connectivity index (χ0) is 44.4. The highest BCUT2D eigenvalue weighted by atomic mass is 35.5. The lowest BCUT2D eigenvalue weighted by atomic mass is 9.93. The minimum absolute atomic E-state index is 0.0370. The van der Waals surface area contributed by atoms with E-state index >= 15 is 0 Å². The molecule has 6 aromatic rings. The molecule has 1 amide bonds. The maximum absolute atomic E-state index is 14.5. The lowest BCUT2D eigenvalue weighted by Crippen LogP contribution is -2.56. The van der Waals surface area contributed by atoms with Crippen LogP contribution in [0.25, 0.3) is 11.1 Å². The van der Waals surface area contributed by atoms with Crippen LogP contribution in [-0.2, 0) is 50.3 Å². The van der Waals surface area contributed by atoms with Gasteiger partial charge in [0.25, 0.3) is 10.0 Å². The van der Waals surface area contributed by atoms with E-state index in [1.165, 1.54) is 7.11 Å². The summed E-state index contributed by atoms with van der Waals surface area (Å²) in [5, 5.41) is 12.9. The number of anilines is 1. The molecule has 0 aliphatic carbocycles. The van der Waals surface area contributed by atoms with E-state index in [1.807, 2.05) is 66.7 Å². The van der Waals surface area contributed by atoms with Crippen molar-refractivity contribution in [3.8, 4) is 34.4 Å². The summed E-state index contributed by atoms with van der Waals surface area (Å²) in [7, 11) is -3.13. The van der Waals surface area contributed by atoms with Gasteiger partial charge in [0, 0.05) is 13.0 Å². The average Bonchev–Trinajstić information content (AvgIpc) is 3.65. The molecule has 322 valence electrons. The third-order valence-corrected chi connectivity index (χ3v) is 15.0. The molecule has 63 heavy (non-hydrogen) atoms. The van der Waals surface area contributed by atoms with Crippen LogP contribution in [0.2, 0.25) is 10.0 Å². The van der Waals surface area contributed by atoms with Gasteiger partial charge in [-0.25, -0.2) is 18.2 Å². The van der Waals surface area contributed by atoms with Crippen LogP contribution in [0.5, 0.6) is 17.2 Å². The number of nitrogens with two attached hydrogens (primary N) is 1. The van der Waals surface area contributed by atoms with E-state index in [9.17, 15) is 18.0 Å². The van der Waals surface area contributed by atoms with Gasteiger partial charge in [0.2, 0.25) is 5.91 Å². The van der Waals surface area contributed by atoms with Gasteiger partial charge in [-0.2, -0.15) is 9.57 Å². The number of benzene rings is 5. The Labute approximate surface area is 377 Å². The molecule has 3 heterocycles. The summed E-state index contributed by atoms with van der Waals surface area (Å²) in [6, 6.07) is 30.6. The summed E-state index contributed by atoms with van der Waals surface area (Å²) in [5.74, 6) is 0.116. The van der Waals surface area contributed by atoms with Crippen LogP contribution in [0, 0.1) is 18.3 Å². The number of esters is 1. The molecular formula is C46H39Cl2N5O8S2. The molecule has 13 nitrogen and oxygen atoms in total. The summed E-state index contributed by atoms with van der Waals surface area (Å²) < 4.78 is 53.7. The Morgan fingerprint density at radius 3 is 2.29 bits per heavy atom. The quantitative estimate of drug-likeness (QED) is 0.114. The number of nitrogens with one attached hydrogen (secondary N) is 1. The van der Waals surface area contributed by atoms with Gasteiger partial charge in [-0.1, -0.05) is 89.1 Å². The van der Waals surface area contributed by atoms with Crippen LogP contribution in [0.1, 0.15) is 45.2 Å². The molecule has 8 rings (SSSR count). The number of nitrogen functional groups attached to an aromatic ring is 1. The van der Waals surface area contributed by atoms with Gasteiger partial charge in [0.05, 0.1) is 34.5 Å². The monoisotopic (exact) mass is 923 g/mol. The maximum Gasteiger partial charge on any atom is 0.328 e. The first kappa shape index (κ1) is 43.5. The number of sulfonamides is 1. The van der Waals surface area contributed by atoms with Crippen LogP contribution in [0.15, 0.2) is 107 Å². The lowest BCUT2D eigenvalue weighted by molar-refractivity contribution is -0.145. The van der Waals surface area contributed by atoms with E-state index in [4.69, 9.17) is 53.1 Å². The molecule has 3 N–H and O–H groups in total. The Morgan fingerprint density at radius 2 is 1.63 bits per heavy atom. The van der Waals surface area contributed by atoms with Gasteiger partial charge in [0.15, 0.2) is 26.9 Å². The molecule has 2 aliphatic rings. The van der Waals surface area contributed by atoms with E-state index < -0.39 is 40.1 Å². The summed E-state index contributed by atoms with van der Waals surface area (Å²) in [6.07, 6.45) is -0.446. The number of hydrogen-bond donors (Lipinski definition) is 2. The van der Waals surface area contributed by atoms with Crippen molar-refractivity contribution in [2.75, 3.05) is 19.5 Å². The first-order chi connectivity index (χ1) is 30.3. The highest BCUT2D eigenvalue weighted by Crippen LogP contribution is 2.42. The third kappa shape index (κ3) is 9.46. The Hall–Kier alpha value is -6.15. The summed E-state index contributed by atoms with van der Waals surface area (Å²) in [4.78, 5) is 31.7. The molecule has 0 radical (unpaired) electrons. The Balaban J connectivity index is 1.02. The molecule has 1 unspecified atom stereocenters. The maximum atomic E-state index is 14.5. The normalized spacial score (nSPS) is 16.3. The lowest BCUT2D eigenvalue weighted by Gasteiger charge is -2.36. The number of rotatable bonds is 12. The van der Waals surface area contributed by atoms with Gasteiger partial charge in [-0.15, -0.1) is 0 Å². The topological polar surface area (TPSA) is 183 Å². The fourth-order valence-electron chi connectivity index (χ4n) is 7.50. The molecular weight excluding hydrogens is 886 g/mol. The molecule has 1 aromatic heterocycles. The highest BCUT2D eigenvalue weighted by Gasteiger charge is 2.43. The largest absolute Gasteiger partial charge is 0.489 e. The van der Waals surface area contributed by atoms with Crippen molar-refractivity contribution in [1.82, 2.24) is 14.6 Å². The highest BCUT2D eigenvalue weighted by molar-refractivity contribution is 7.91. The second-order valence-corrected chi connectivity index (χ2v) is 18.9. The van der Waals surface area contributed by atoms with Crippen molar-refractivity contribution in [3.05, 3.63) is 152 Å². The van der Waals surface area contributed by atoms with E-state index in [0.717, 1.165) is 43.5 Å². The number of hydrogen-bond acceptors (Lipinski definition) is 12. The number of halogens is 2. The molecule has 0 fully saturated rings. The number of thiazole rings is 1. The number of aromatic nitrogens is 1. The van der Waals surface area contributed by atoms with Gasteiger partial charge >= 0.3 is 5.97 Å². The van der Waals surface area contributed by atoms with Crippen molar-refractivity contribution in [1.29, 1.82) is 5.26 Å².